The quantitative estimate of drug-likeness (QED) is 0.905. The van der Waals surface area contributed by atoms with Crippen LogP contribution in [0.25, 0.3) is 0 Å². The zero-order valence-electron chi connectivity index (χ0n) is 15.9. The minimum absolute atomic E-state index is 0.0771. The third kappa shape index (κ3) is 3.44. The number of likely N-dealkylation sites (tertiary alicyclic amines) is 1. The third-order valence-electron chi connectivity index (χ3n) is 5.94. The standard InChI is InChI=1S/C22H27N3O2/c1-15-18(12-21(27)24-11-10-17(23)14-24)22-19(8-5-9-20(22)26)25(15)13-16-6-3-2-4-7-16/h2-4,6-7,17H,5,8-14,23H2,1H3/t17-/m1/s1. The molecular formula is C22H27N3O2. The van der Waals surface area contributed by atoms with Crippen LogP contribution in [-0.2, 0) is 24.2 Å². The number of rotatable bonds is 4. The predicted octanol–water partition coefficient (Wildman–Crippen LogP) is 2.47. The molecule has 1 aromatic carbocycles. The van der Waals surface area contributed by atoms with Gasteiger partial charge in [0.05, 0.1) is 6.42 Å². The number of fused-ring (bicyclic) bond motifs is 1. The molecule has 0 unspecified atom stereocenters. The van der Waals surface area contributed by atoms with Gasteiger partial charge in [-0.2, -0.15) is 0 Å². The Morgan fingerprint density at radius 1 is 1.22 bits per heavy atom. The monoisotopic (exact) mass is 365 g/mol. The van der Waals surface area contributed by atoms with Gasteiger partial charge in [-0.15, -0.1) is 0 Å². The molecule has 5 heteroatoms. The Morgan fingerprint density at radius 3 is 2.70 bits per heavy atom. The lowest BCUT2D eigenvalue weighted by Crippen LogP contribution is -2.33. The molecule has 0 radical (unpaired) electrons. The number of amides is 1. The van der Waals surface area contributed by atoms with Gasteiger partial charge in [-0.1, -0.05) is 30.3 Å². The Labute approximate surface area is 160 Å². The molecule has 2 heterocycles. The van der Waals surface area contributed by atoms with E-state index in [-0.39, 0.29) is 17.7 Å². The number of ketones is 1. The fourth-order valence-electron chi connectivity index (χ4n) is 4.46. The maximum absolute atomic E-state index is 12.8. The van der Waals surface area contributed by atoms with Crippen molar-refractivity contribution in [1.29, 1.82) is 0 Å². The van der Waals surface area contributed by atoms with E-state index < -0.39 is 0 Å². The highest BCUT2D eigenvalue weighted by atomic mass is 16.2. The SMILES string of the molecule is Cc1c(CC(=O)N2CC[C@@H](N)C2)c2c(n1Cc1ccccc1)CCCC2=O. The Hall–Kier alpha value is -2.40. The number of aromatic nitrogens is 1. The topological polar surface area (TPSA) is 68.3 Å². The van der Waals surface area contributed by atoms with Gasteiger partial charge in [-0.3, -0.25) is 9.59 Å². The largest absolute Gasteiger partial charge is 0.343 e. The number of carbonyl (C=O) groups is 2. The predicted molar refractivity (Wildman–Crippen MR) is 105 cm³/mol. The van der Waals surface area contributed by atoms with E-state index in [2.05, 4.69) is 16.7 Å². The molecular weight excluding hydrogens is 338 g/mol. The highest BCUT2D eigenvalue weighted by molar-refractivity contribution is 6.01. The number of hydrogen-bond donors (Lipinski definition) is 1. The molecule has 1 aliphatic heterocycles. The molecule has 2 N–H and O–H groups in total. The molecule has 1 aliphatic carbocycles. The van der Waals surface area contributed by atoms with Crippen LogP contribution in [0, 0.1) is 6.92 Å². The number of carbonyl (C=O) groups excluding carboxylic acids is 2. The summed E-state index contributed by atoms with van der Waals surface area (Å²) in [6.07, 6.45) is 3.53. The van der Waals surface area contributed by atoms with Crippen molar-refractivity contribution in [1.82, 2.24) is 9.47 Å². The summed E-state index contributed by atoms with van der Waals surface area (Å²) in [5.41, 5.74) is 11.1. The van der Waals surface area contributed by atoms with Crippen LogP contribution in [0.4, 0.5) is 0 Å². The molecule has 142 valence electrons. The van der Waals surface area contributed by atoms with E-state index in [0.717, 1.165) is 54.9 Å². The zero-order valence-corrected chi connectivity index (χ0v) is 15.9. The first-order chi connectivity index (χ1) is 13.0. The summed E-state index contributed by atoms with van der Waals surface area (Å²) in [4.78, 5) is 27.4. The number of nitrogens with two attached hydrogens (primary N) is 1. The second kappa shape index (κ2) is 7.31. The van der Waals surface area contributed by atoms with Crippen molar-refractivity contribution in [2.45, 2.75) is 51.6 Å². The van der Waals surface area contributed by atoms with E-state index in [9.17, 15) is 9.59 Å². The summed E-state index contributed by atoms with van der Waals surface area (Å²) in [5.74, 6) is 0.274. The van der Waals surface area contributed by atoms with Crippen molar-refractivity contribution < 1.29 is 9.59 Å². The number of nitrogens with zero attached hydrogens (tertiary/aromatic N) is 2. The van der Waals surface area contributed by atoms with Crippen molar-refractivity contribution in [2.24, 2.45) is 5.73 Å². The lowest BCUT2D eigenvalue weighted by molar-refractivity contribution is -0.129. The molecule has 1 atom stereocenters. The van der Waals surface area contributed by atoms with Gasteiger partial charge >= 0.3 is 0 Å². The molecule has 0 saturated carbocycles. The summed E-state index contributed by atoms with van der Waals surface area (Å²) in [5, 5.41) is 0. The normalized spacial score (nSPS) is 19.4. The highest BCUT2D eigenvalue weighted by Gasteiger charge is 2.31. The second-order valence-corrected chi connectivity index (χ2v) is 7.80. The first-order valence-corrected chi connectivity index (χ1v) is 9.86. The van der Waals surface area contributed by atoms with Gasteiger partial charge in [0.2, 0.25) is 5.91 Å². The van der Waals surface area contributed by atoms with Crippen molar-refractivity contribution in [3.8, 4) is 0 Å². The summed E-state index contributed by atoms with van der Waals surface area (Å²) in [7, 11) is 0. The maximum Gasteiger partial charge on any atom is 0.227 e. The summed E-state index contributed by atoms with van der Waals surface area (Å²) in [6, 6.07) is 10.4. The molecule has 1 saturated heterocycles. The smallest absolute Gasteiger partial charge is 0.227 e. The van der Waals surface area contributed by atoms with Gasteiger partial charge in [0, 0.05) is 49.0 Å². The molecule has 2 aromatic rings. The van der Waals surface area contributed by atoms with Crippen LogP contribution in [0.5, 0.6) is 0 Å². The molecule has 5 nitrogen and oxygen atoms in total. The van der Waals surface area contributed by atoms with Crippen LogP contribution < -0.4 is 5.73 Å². The van der Waals surface area contributed by atoms with Gasteiger partial charge < -0.3 is 15.2 Å². The molecule has 0 bridgehead atoms. The molecule has 1 fully saturated rings. The van der Waals surface area contributed by atoms with Crippen LogP contribution >= 0.6 is 0 Å². The molecule has 2 aliphatic rings. The number of Topliss-reactive ketones (excluding diaryl/α,β-unsaturated/α-hetero) is 1. The van der Waals surface area contributed by atoms with Crippen molar-refractivity contribution in [2.75, 3.05) is 13.1 Å². The Morgan fingerprint density at radius 2 is 2.00 bits per heavy atom. The van der Waals surface area contributed by atoms with E-state index in [1.54, 1.807) is 0 Å². The molecule has 1 amide bonds. The lowest BCUT2D eigenvalue weighted by atomic mass is 9.92. The van der Waals surface area contributed by atoms with Gasteiger partial charge in [0.15, 0.2) is 5.78 Å². The number of benzene rings is 1. The summed E-state index contributed by atoms with van der Waals surface area (Å²) < 4.78 is 2.25. The van der Waals surface area contributed by atoms with E-state index in [1.165, 1.54) is 5.56 Å². The molecule has 0 spiro atoms. The van der Waals surface area contributed by atoms with Crippen molar-refractivity contribution in [3.63, 3.8) is 0 Å². The number of hydrogen-bond acceptors (Lipinski definition) is 3. The van der Waals surface area contributed by atoms with Crippen molar-refractivity contribution in [3.05, 3.63) is 58.4 Å². The van der Waals surface area contributed by atoms with E-state index >= 15 is 0 Å². The van der Waals surface area contributed by atoms with Gasteiger partial charge in [0.1, 0.15) is 0 Å². The van der Waals surface area contributed by atoms with Gasteiger partial charge in [0.25, 0.3) is 0 Å². The molecule has 27 heavy (non-hydrogen) atoms. The third-order valence-corrected chi connectivity index (χ3v) is 5.94. The van der Waals surface area contributed by atoms with Crippen LogP contribution in [0.15, 0.2) is 30.3 Å². The van der Waals surface area contributed by atoms with E-state index in [0.29, 0.717) is 19.4 Å². The molecule has 1 aromatic heterocycles. The van der Waals surface area contributed by atoms with E-state index in [4.69, 9.17) is 5.73 Å². The fraction of sp³-hybridized carbons (Fsp3) is 0.455. The van der Waals surface area contributed by atoms with Gasteiger partial charge in [-0.05, 0) is 37.3 Å². The summed E-state index contributed by atoms with van der Waals surface area (Å²) in [6.45, 7) is 4.14. The Bertz CT molecular complexity index is 869. The lowest BCUT2D eigenvalue weighted by Gasteiger charge is -2.17. The average molecular weight is 365 g/mol. The molecule has 4 rings (SSSR count). The Balaban J connectivity index is 1.68. The summed E-state index contributed by atoms with van der Waals surface area (Å²) >= 11 is 0. The maximum atomic E-state index is 12.8. The Kier molecular flexibility index (Phi) is 4.87. The minimum Gasteiger partial charge on any atom is -0.343 e. The van der Waals surface area contributed by atoms with Crippen LogP contribution in [-0.4, -0.2) is 40.3 Å². The van der Waals surface area contributed by atoms with Crippen LogP contribution in [0.2, 0.25) is 0 Å². The zero-order chi connectivity index (χ0) is 19.0. The van der Waals surface area contributed by atoms with Crippen LogP contribution in [0.3, 0.4) is 0 Å². The highest BCUT2D eigenvalue weighted by Crippen LogP contribution is 2.31. The fourth-order valence-corrected chi connectivity index (χ4v) is 4.46. The van der Waals surface area contributed by atoms with E-state index in [1.807, 2.05) is 30.0 Å². The van der Waals surface area contributed by atoms with Crippen molar-refractivity contribution >= 4 is 11.7 Å². The van der Waals surface area contributed by atoms with Gasteiger partial charge in [-0.25, -0.2) is 0 Å². The minimum atomic E-state index is 0.0771. The first-order valence-electron chi connectivity index (χ1n) is 9.86. The average Bonchev–Trinajstić information content (AvgIpc) is 3.21. The van der Waals surface area contributed by atoms with Crippen LogP contribution in [0.1, 0.15) is 52.1 Å². The first kappa shape index (κ1) is 18.0. The second-order valence-electron chi connectivity index (χ2n) is 7.80.